The number of phenols is 1. The largest absolute Gasteiger partial charge is 0.505 e. The highest BCUT2D eigenvalue weighted by Gasteiger charge is 2.19. The molecule has 0 saturated heterocycles. The smallest absolute Gasteiger partial charge is 0.339 e. The topological polar surface area (TPSA) is 104 Å². The van der Waals surface area contributed by atoms with Gasteiger partial charge in [-0.25, -0.2) is 13.2 Å². The number of aromatic hydroxyl groups is 1. The second kappa shape index (κ2) is 5.45. The molecule has 0 fully saturated rings. The van der Waals surface area contributed by atoms with Crippen LogP contribution in [0.4, 0.5) is 5.69 Å². The van der Waals surface area contributed by atoms with Crippen LogP contribution in [0.25, 0.3) is 0 Å². The summed E-state index contributed by atoms with van der Waals surface area (Å²) < 4.78 is 26.6. The molecule has 0 bridgehead atoms. The van der Waals surface area contributed by atoms with Gasteiger partial charge in [0, 0.05) is 0 Å². The predicted molar refractivity (Wildman–Crippen MR) is 77.1 cm³/mol. The Morgan fingerprint density at radius 3 is 2.43 bits per heavy atom. The van der Waals surface area contributed by atoms with Crippen molar-refractivity contribution in [2.75, 3.05) is 4.72 Å². The van der Waals surface area contributed by atoms with E-state index in [9.17, 15) is 18.3 Å². The quantitative estimate of drug-likeness (QED) is 0.751. The van der Waals surface area contributed by atoms with E-state index in [0.717, 1.165) is 5.56 Å². The zero-order valence-corrected chi connectivity index (χ0v) is 11.9. The molecule has 0 aliphatic rings. The SMILES string of the molecule is Cc1cccc(S(=O)(=O)Nc2cccc(C(=O)O)c2O)c1. The van der Waals surface area contributed by atoms with Gasteiger partial charge in [0.25, 0.3) is 10.0 Å². The van der Waals surface area contributed by atoms with Gasteiger partial charge in [-0.3, -0.25) is 4.72 Å². The summed E-state index contributed by atoms with van der Waals surface area (Å²) in [5.74, 6) is -1.97. The van der Waals surface area contributed by atoms with Gasteiger partial charge in [0.05, 0.1) is 10.6 Å². The zero-order chi connectivity index (χ0) is 15.6. The minimum absolute atomic E-state index is 0.0302. The molecule has 2 rings (SSSR count). The van der Waals surface area contributed by atoms with Crippen molar-refractivity contribution >= 4 is 21.7 Å². The van der Waals surface area contributed by atoms with Crippen LogP contribution in [0.5, 0.6) is 5.75 Å². The number of rotatable bonds is 4. The van der Waals surface area contributed by atoms with Gasteiger partial charge >= 0.3 is 5.97 Å². The average Bonchev–Trinajstić information content (AvgIpc) is 2.40. The second-order valence-electron chi connectivity index (χ2n) is 4.43. The molecule has 0 aromatic heterocycles. The van der Waals surface area contributed by atoms with Crippen LogP contribution in [-0.4, -0.2) is 24.6 Å². The van der Waals surface area contributed by atoms with Crippen LogP contribution in [0, 0.1) is 6.92 Å². The number of sulfonamides is 1. The number of hydrogen-bond acceptors (Lipinski definition) is 4. The van der Waals surface area contributed by atoms with Gasteiger partial charge in [-0.2, -0.15) is 0 Å². The summed E-state index contributed by atoms with van der Waals surface area (Å²) in [4.78, 5) is 10.9. The number of nitrogens with one attached hydrogen (secondary N) is 1. The minimum Gasteiger partial charge on any atom is -0.505 e. The molecule has 0 unspecified atom stereocenters. The van der Waals surface area contributed by atoms with Gasteiger partial charge in [0.2, 0.25) is 0 Å². The standard InChI is InChI=1S/C14H13NO5S/c1-9-4-2-5-10(8-9)21(19,20)15-12-7-3-6-11(13(12)16)14(17)18/h2-8,15-16H,1H3,(H,17,18). The van der Waals surface area contributed by atoms with E-state index in [1.165, 1.54) is 30.3 Å². The number of aromatic carboxylic acids is 1. The molecule has 0 aliphatic carbocycles. The van der Waals surface area contributed by atoms with Gasteiger partial charge in [-0.1, -0.05) is 18.2 Å². The predicted octanol–water partition coefficient (Wildman–Crippen LogP) is 2.20. The highest BCUT2D eigenvalue weighted by molar-refractivity contribution is 7.92. The molecule has 2 aromatic carbocycles. The van der Waals surface area contributed by atoms with E-state index in [4.69, 9.17) is 5.11 Å². The van der Waals surface area contributed by atoms with Crippen LogP contribution in [0.1, 0.15) is 15.9 Å². The third kappa shape index (κ3) is 3.14. The van der Waals surface area contributed by atoms with Crippen molar-refractivity contribution in [2.45, 2.75) is 11.8 Å². The fourth-order valence-corrected chi connectivity index (χ4v) is 2.96. The van der Waals surface area contributed by atoms with Gasteiger partial charge in [0.1, 0.15) is 5.56 Å². The van der Waals surface area contributed by atoms with Crippen molar-refractivity contribution in [2.24, 2.45) is 0 Å². The first-order valence-corrected chi connectivity index (χ1v) is 7.44. The van der Waals surface area contributed by atoms with Crippen LogP contribution in [-0.2, 0) is 10.0 Å². The van der Waals surface area contributed by atoms with E-state index < -0.39 is 21.7 Å². The number of carboxylic acid groups (broad SMARTS) is 1. The first kappa shape index (κ1) is 14.9. The van der Waals surface area contributed by atoms with Crippen LogP contribution in [0.2, 0.25) is 0 Å². The summed E-state index contributed by atoms with van der Waals surface area (Å²) in [6.07, 6.45) is 0. The third-order valence-electron chi connectivity index (χ3n) is 2.81. The Morgan fingerprint density at radius 2 is 1.81 bits per heavy atom. The molecule has 0 saturated carbocycles. The van der Waals surface area contributed by atoms with Crippen LogP contribution < -0.4 is 4.72 Å². The average molecular weight is 307 g/mol. The number of para-hydroxylation sites is 1. The number of carbonyl (C=O) groups is 1. The van der Waals surface area contributed by atoms with Crippen molar-refractivity contribution in [3.05, 3.63) is 53.6 Å². The lowest BCUT2D eigenvalue weighted by molar-refractivity contribution is 0.0694. The molecule has 0 atom stereocenters. The fourth-order valence-electron chi connectivity index (χ4n) is 1.78. The molecule has 0 amide bonds. The summed E-state index contributed by atoms with van der Waals surface area (Å²) in [5, 5.41) is 18.7. The lowest BCUT2D eigenvalue weighted by atomic mass is 10.2. The lowest BCUT2D eigenvalue weighted by Crippen LogP contribution is -2.13. The Bertz CT molecular complexity index is 799. The molecule has 6 nitrogen and oxygen atoms in total. The molecule has 21 heavy (non-hydrogen) atoms. The van der Waals surface area contributed by atoms with Crippen molar-refractivity contribution in [3.8, 4) is 5.75 Å². The number of aryl methyl sites for hydroxylation is 1. The number of benzene rings is 2. The first-order chi connectivity index (χ1) is 9.81. The van der Waals surface area contributed by atoms with Crippen LogP contribution in [0.3, 0.4) is 0 Å². The van der Waals surface area contributed by atoms with E-state index in [2.05, 4.69) is 4.72 Å². The molecule has 2 aromatic rings. The summed E-state index contributed by atoms with van der Waals surface area (Å²) in [6, 6.07) is 10.0. The minimum atomic E-state index is -3.90. The highest BCUT2D eigenvalue weighted by atomic mass is 32.2. The number of carboxylic acids is 1. The Morgan fingerprint density at radius 1 is 1.14 bits per heavy atom. The van der Waals surface area contributed by atoms with Crippen molar-refractivity contribution in [1.82, 2.24) is 0 Å². The van der Waals surface area contributed by atoms with Crippen molar-refractivity contribution in [1.29, 1.82) is 0 Å². The van der Waals surface area contributed by atoms with Gasteiger partial charge in [-0.05, 0) is 36.8 Å². The molecular weight excluding hydrogens is 294 g/mol. The molecule has 7 heteroatoms. The number of hydrogen-bond donors (Lipinski definition) is 3. The maximum absolute atomic E-state index is 12.2. The highest BCUT2D eigenvalue weighted by Crippen LogP contribution is 2.29. The van der Waals surface area contributed by atoms with Gasteiger partial charge in [0.15, 0.2) is 5.75 Å². The number of anilines is 1. The molecule has 0 radical (unpaired) electrons. The van der Waals surface area contributed by atoms with E-state index in [1.807, 2.05) is 0 Å². The summed E-state index contributed by atoms with van der Waals surface area (Å²) in [6.45, 7) is 1.75. The van der Waals surface area contributed by atoms with E-state index >= 15 is 0 Å². The lowest BCUT2D eigenvalue weighted by Gasteiger charge is -2.11. The van der Waals surface area contributed by atoms with Crippen LogP contribution >= 0.6 is 0 Å². The third-order valence-corrected chi connectivity index (χ3v) is 4.17. The second-order valence-corrected chi connectivity index (χ2v) is 6.11. The van der Waals surface area contributed by atoms with E-state index in [-0.39, 0.29) is 16.1 Å². The van der Waals surface area contributed by atoms with Gasteiger partial charge in [-0.15, -0.1) is 0 Å². The Hall–Kier alpha value is -2.54. The first-order valence-electron chi connectivity index (χ1n) is 5.96. The van der Waals surface area contributed by atoms with E-state index in [0.29, 0.717) is 0 Å². The summed E-state index contributed by atoms with van der Waals surface area (Å²) in [7, 11) is -3.90. The Kier molecular flexibility index (Phi) is 3.86. The maximum Gasteiger partial charge on any atom is 0.339 e. The van der Waals surface area contributed by atoms with Gasteiger partial charge < -0.3 is 10.2 Å². The molecule has 3 N–H and O–H groups in total. The normalized spacial score (nSPS) is 11.1. The fraction of sp³-hybridized carbons (Fsp3) is 0.0714. The molecular formula is C14H13NO5S. The van der Waals surface area contributed by atoms with Crippen LogP contribution in [0.15, 0.2) is 47.4 Å². The molecule has 0 spiro atoms. The van der Waals surface area contributed by atoms with Crippen molar-refractivity contribution in [3.63, 3.8) is 0 Å². The zero-order valence-electron chi connectivity index (χ0n) is 11.1. The van der Waals surface area contributed by atoms with Crippen molar-refractivity contribution < 1.29 is 23.4 Å². The molecule has 0 aliphatic heterocycles. The Balaban J connectivity index is 2.42. The molecule has 110 valence electrons. The molecule has 0 heterocycles. The monoisotopic (exact) mass is 307 g/mol. The summed E-state index contributed by atoms with van der Waals surface area (Å²) in [5.41, 5.74) is 0.206. The van der Waals surface area contributed by atoms with E-state index in [1.54, 1.807) is 19.1 Å². The Labute approximate surface area is 121 Å². The maximum atomic E-state index is 12.2. The summed E-state index contributed by atoms with van der Waals surface area (Å²) >= 11 is 0.